The fourth-order valence-electron chi connectivity index (χ4n) is 3.32. The number of hydrogen-bond acceptors (Lipinski definition) is 3. The number of nitrogens with zero attached hydrogens (tertiary/aromatic N) is 2. The summed E-state index contributed by atoms with van der Waals surface area (Å²) in [5.74, 6) is -0.193. The zero-order valence-electron chi connectivity index (χ0n) is 13.6. The van der Waals surface area contributed by atoms with E-state index in [2.05, 4.69) is 29.4 Å². The molecule has 0 spiro atoms. The van der Waals surface area contributed by atoms with Gasteiger partial charge in [-0.1, -0.05) is 13.8 Å². The molecule has 0 amide bonds. The number of hydrogen-bond donors (Lipinski definition) is 0. The van der Waals surface area contributed by atoms with Crippen molar-refractivity contribution in [3.05, 3.63) is 23.5 Å². The predicted octanol–water partition coefficient (Wildman–Crippen LogP) is 3.10. The molecule has 0 radical (unpaired) electrons. The summed E-state index contributed by atoms with van der Waals surface area (Å²) in [6, 6.07) is 4.62. The fraction of sp³-hybridized carbons (Fsp3) is 0.706. The molecule has 4 heteroatoms. The van der Waals surface area contributed by atoms with Crippen molar-refractivity contribution in [2.24, 2.45) is 0 Å². The van der Waals surface area contributed by atoms with Crippen molar-refractivity contribution in [2.45, 2.75) is 59.0 Å². The lowest BCUT2D eigenvalue weighted by molar-refractivity contribution is 0.0510. The Labute approximate surface area is 128 Å². The van der Waals surface area contributed by atoms with Crippen LogP contribution in [-0.4, -0.2) is 41.2 Å². The predicted molar refractivity (Wildman–Crippen MR) is 84.7 cm³/mol. The molecule has 0 N–H and O–H groups in total. The summed E-state index contributed by atoms with van der Waals surface area (Å²) in [6.07, 6.45) is 4.56. The summed E-state index contributed by atoms with van der Waals surface area (Å²) >= 11 is 0. The van der Waals surface area contributed by atoms with E-state index in [-0.39, 0.29) is 5.97 Å². The van der Waals surface area contributed by atoms with Gasteiger partial charge in [-0.25, -0.2) is 4.79 Å². The Morgan fingerprint density at radius 2 is 2.00 bits per heavy atom. The van der Waals surface area contributed by atoms with Crippen LogP contribution in [0.4, 0.5) is 0 Å². The van der Waals surface area contributed by atoms with Crippen LogP contribution in [0.15, 0.2) is 12.1 Å². The number of esters is 1. The van der Waals surface area contributed by atoms with E-state index in [1.807, 2.05) is 13.0 Å². The van der Waals surface area contributed by atoms with E-state index in [1.165, 1.54) is 31.6 Å². The average Bonchev–Trinajstić information content (AvgIpc) is 2.90. The van der Waals surface area contributed by atoms with Crippen molar-refractivity contribution < 1.29 is 9.53 Å². The first-order valence-electron chi connectivity index (χ1n) is 8.30. The summed E-state index contributed by atoms with van der Waals surface area (Å²) in [5.41, 5.74) is 1.98. The largest absolute Gasteiger partial charge is 0.461 e. The Hall–Kier alpha value is -1.29. The zero-order valence-corrected chi connectivity index (χ0v) is 13.6. The van der Waals surface area contributed by atoms with Crippen LogP contribution >= 0.6 is 0 Å². The lowest BCUT2D eigenvalue weighted by Crippen LogP contribution is -2.41. The van der Waals surface area contributed by atoms with Crippen molar-refractivity contribution in [2.75, 3.05) is 19.7 Å². The first-order valence-corrected chi connectivity index (χ1v) is 8.30. The molecular weight excluding hydrogens is 264 g/mol. The number of rotatable bonds is 7. The van der Waals surface area contributed by atoms with E-state index in [0.29, 0.717) is 18.3 Å². The molecule has 1 atom stereocenters. The Balaban J connectivity index is 2.09. The summed E-state index contributed by atoms with van der Waals surface area (Å²) < 4.78 is 7.28. The Morgan fingerprint density at radius 3 is 2.62 bits per heavy atom. The van der Waals surface area contributed by atoms with Crippen LogP contribution in [0.3, 0.4) is 0 Å². The zero-order chi connectivity index (χ0) is 15.2. The number of aromatic nitrogens is 1. The molecule has 0 aliphatic carbocycles. The highest BCUT2D eigenvalue weighted by molar-refractivity contribution is 5.88. The average molecular weight is 292 g/mol. The lowest BCUT2D eigenvalue weighted by Gasteiger charge is -2.35. The van der Waals surface area contributed by atoms with Gasteiger partial charge in [0.1, 0.15) is 5.69 Å². The quantitative estimate of drug-likeness (QED) is 0.724. The van der Waals surface area contributed by atoms with Crippen molar-refractivity contribution >= 4 is 5.97 Å². The first-order chi connectivity index (χ1) is 10.2. The van der Waals surface area contributed by atoms with Crippen molar-refractivity contribution in [1.82, 2.24) is 9.47 Å². The number of ether oxygens (including phenoxy) is 1. The van der Waals surface area contributed by atoms with Crippen LogP contribution in [0.2, 0.25) is 0 Å². The molecule has 0 aromatic carbocycles. The maximum absolute atomic E-state index is 11.9. The third kappa shape index (κ3) is 3.67. The Kier molecular flexibility index (Phi) is 5.85. The smallest absolute Gasteiger partial charge is 0.354 e. The molecule has 0 fully saturated rings. The van der Waals surface area contributed by atoms with Gasteiger partial charge in [0.05, 0.1) is 6.61 Å². The van der Waals surface area contributed by atoms with Gasteiger partial charge >= 0.3 is 5.97 Å². The monoisotopic (exact) mass is 292 g/mol. The van der Waals surface area contributed by atoms with Crippen LogP contribution in [0.25, 0.3) is 0 Å². The molecule has 1 aromatic rings. The first kappa shape index (κ1) is 16.1. The van der Waals surface area contributed by atoms with Gasteiger partial charge < -0.3 is 9.30 Å². The van der Waals surface area contributed by atoms with E-state index in [1.54, 1.807) is 0 Å². The Bertz CT molecular complexity index is 461. The molecule has 2 heterocycles. The van der Waals surface area contributed by atoms with E-state index in [9.17, 15) is 4.79 Å². The van der Waals surface area contributed by atoms with Crippen LogP contribution in [0, 0.1) is 0 Å². The maximum Gasteiger partial charge on any atom is 0.354 e. The summed E-state index contributed by atoms with van der Waals surface area (Å²) in [5, 5.41) is 0. The highest BCUT2D eigenvalue weighted by Crippen LogP contribution is 2.23. The molecule has 4 nitrogen and oxygen atoms in total. The standard InChI is InChI=1S/C17H28N2O2/c1-4-10-18(11-5-2)14-9-12-19-15(13-14)7-8-16(19)17(20)21-6-3/h7-8,14H,4-6,9-13H2,1-3H3/t14-/m1/s1. The van der Waals surface area contributed by atoms with E-state index in [4.69, 9.17) is 4.74 Å². The molecular formula is C17H28N2O2. The molecule has 0 saturated heterocycles. The van der Waals surface area contributed by atoms with Gasteiger partial charge in [0, 0.05) is 24.7 Å². The SMILES string of the molecule is CCCN(CCC)[C@@H]1CCn2c(ccc2C(=O)OCC)C1. The third-order valence-corrected chi connectivity index (χ3v) is 4.22. The minimum absolute atomic E-state index is 0.193. The number of carbonyl (C=O) groups excluding carboxylic acids is 1. The second-order valence-corrected chi connectivity index (χ2v) is 5.76. The normalized spacial score (nSPS) is 17.8. The maximum atomic E-state index is 11.9. The topological polar surface area (TPSA) is 34.5 Å². The molecule has 0 unspecified atom stereocenters. The van der Waals surface area contributed by atoms with Gasteiger partial charge in [0.25, 0.3) is 0 Å². The highest BCUT2D eigenvalue weighted by atomic mass is 16.5. The number of fused-ring (bicyclic) bond motifs is 1. The van der Waals surface area contributed by atoms with Crippen LogP contribution in [0.5, 0.6) is 0 Å². The van der Waals surface area contributed by atoms with Crippen LogP contribution < -0.4 is 0 Å². The molecule has 1 aliphatic heterocycles. The molecule has 0 saturated carbocycles. The van der Waals surface area contributed by atoms with Crippen molar-refractivity contribution in [1.29, 1.82) is 0 Å². The van der Waals surface area contributed by atoms with Gasteiger partial charge in [0.15, 0.2) is 0 Å². The Morgan fingerprint density at radius 1 is 1.29 bits per heavy atom. The van der Waals surface area contributed by atoms with E-state index in [0.717, 1.165) is 19.4 Å². The van der Waals surface area contributed by atoms with Crippen LogP contribution in [0.1, 0.15) is 56.2 Å². The second kappa shape index (κ2) is 7.64. The van der Waals surface area contributed by atoms with Gasteiger partial charge in [-0.3, -0.25) is 4.90 Å². The summed E-state index contributed by atoms with van der Waals surface area (Å²) in [7, 11) is 0. The van der Waals surface area contributed by atoms with Crippen molar-refractivity contribution in [3.63, 3.8) is 0 Å². The molecule has 2 rings (SSSR count). The highest BCUT2D eigenvalue weighted by Gasteiger charge is 2.26. The minimum atomic E-state index is -0.193. The van der Waals surface area contributed by atoms with Crippen molar-refractivity contribution in [3.8, 4) is 0 Å². The molecule has 118 valence electrons. The summed E-state index contributed by atoms with van der Waals surface area (Å²) in [6.45, 7) is 10.0. The van der Waals surface area contributed by atoms with Crippen LogP contribution in [-0.2, 0) is 17.7 Å². The van der Waals surface area contributed by atoms with Gasteiger partial charge in [-0.2, -0.15) is 0 Å². The minimum Gasteiger partial charge on any atom is -0.461 e. The molecule has 1 aliphatic rings. The summed E-state index contributed by atoms with van der Waals surface area (Å²) in [4.78, 5) is 14.6. The van der Waals surface area contributed by atoms with E-state index < -0.39 is 0 Å². The lowest BCUT2D eigenvalue weighted by atomic mass is 10.0. The molecule has 0 bridgehead atoms. The number of carbonyl (C=O) groups is 1. The third-order valence-electron chi connectivity index (χ3n) is 4.22. The molecule has 1 aromatic heterocycles. The van der Waals surface area contributed by atoms with Gasteiger partial charge in [-0.15, -0.1) is 0 Å². The van der Waals surface area contributed by atoms with E-state index >= 15 is 0 Å². The van der Waals surface area contributed by atoms with Gasteiger partial charge in [0.2, 0.25) is 0 Å². The fourth-order valence-corrected chi connectivity index (χ4v) is 3.32. The second-order valence-electron chi connectivity index (χ2n) is 5.76. The molecule has 21 heavy (non-hydrogen) atoms. The van der Waals surface area contributed by atoms with Gasteiger partial charge in [-0.05, 0) is 51.4 Å².